The number of amides is 2. The molecule has 4 rings (SSSR count). The molecule has 3 aromatic carbocycles. The Morgan fingerprint density at radius 2 is 1.76 bits per heavy atom. The van der Waals surface area contributed by atoms with Gasteiger partial charge in [-0.15, -0.1) is 0 Å². The number of hydrogen-bond acceptors (Lipinski definition) is 4. The van der Waals surface area contributed by atoms with E-state index in [1.807, 2.05) is 54.6 Å². The molecular formula is C25H21ClFN3O2S. The van der Waals surface area contributed by atoms with E-state index in [1.54, 1.807) is 4.90 Å². The molecule has 2 amide bonds. The molecule has 1 heterocycles. The van der Waals surface area contributed by atoms with Gasteiger partial charge in [0.15, 0.2) is 5.17 Å². The second-order valence-electron chi connectivity index (χ2n) is 7.46. The molecule has 0 radical (unpaired) electrons. The van der Waals surface area contributed by atoms with Crippen molar-refractivity contribution >= 4 is 51.7 Å². The summed E-state index contributed by atoms with van der Waals surface area (Å²) in [6.45, 7) is 0.436. The molecule has 8 heteroatoms. The highest BCUT2D eigenvalue weighted by atomic mass is 35.5. The van der Waals surface area contributed by atoms with E-state index in [2.05, 4.69) is 10.3 Å². The molecule has 33 heavy (non-hydrogen) atoms. The number of carbonyl (C=O) groups excluding carboxylic acids is 2. The number of rotatable bonds is 6. The molecule has 0 spiro atoms. The lowest BCUT2D eigenvalue weighted by molar-refractivity contribution is -0.129. The van der Waals surface area contributed by atoms with Crippen LogP contribution in [0.1, 0.15) is 12.0 Å². The average Bonchev–Trinajstić information content (AvgIpc) is 2.81. The fraction of sp³-hybridized carbons (Fsp3) is 0.160. The summed E-state index contributed by atoms with van der Waals surface area (Å²) in [5.41, 5.74) is 2.22. The maximum atomic E-state index is 13.2. The lowest BCUT2D eigenvalue weighted by Crippen LogP contribution is -2.46. The van der Waals surface area contributed by atoms with Crippen LogP contribution in [0.4, 0.5) is 15.8 Å². The molecule has 3 aromatic rings. The summed E-state index contributed by atoms with van der Waals surface area (Å²) in [6.07, 6.45) is 0.676. The Morgan fingerprint density at radius 3 is 2.45 bits per heavy atom. The largest absolute Gasteiger partial charge is 0.325 e. The van der Waals surface area contributed by atoms with E-state index in [0.717, 1.165) is 5.56 Å². The molecule has 0 bridgehead atoms. The zero-order valence-corrected chi connectivity index (χ0v) is 19.2. The SMILES string of the molecule is O=C(Nc1ccc(F)cc1)C1CC(=O)N(CCc2ccc(Cl)cc2)C(=Nc2ccccc2)S1. The van der Waals surface area contributed by atoms with Gasteiger partial charge in [-0.05, 0) is 60.5 Å². The van der Waals surface area contributed by atoms with Gasteiger partial charge in [-0.1, -0.05) is 53.7 Å². The molecule has 0 aromatic heterocycles. The van der Waals surface area contributed by atoms with Gasteiger partial charge >= 0.3 is 0 Å². The van der Waals surface area contributed by atoms with Crippen LogP contribution in [-0.2, 0) is 16.0 Å². The van der Waals surface area contributed by atoms with E-state index >= 15 is 0 Å². The molecule has 1 N–H and O–H groups in total. The Hall–Kier alpha value is -3.16. The first-order valence-electron chi connectivity index (χ1n) is 10.4. The van der Waals surface area contributed by atoms with Gasteiger partial charge in [0.2, 0.25) is 11.8 Å². The molecule has 5 nitrogen and oxygen atoms in total. The van der Waals surface area contributed by atoms with Crippen LogP contribution in [0.3, 0.4) is 0 Å². The van der Waals surface area contributed by atoms with E-state index in [1.165, 1.54) is 36.0 Å². The number of anilines is 1. The smallest absolute Gasteiger partial charge is 0.238 e. The zero-order valence-electron chi connectivity index (χ0n) is 17.6. The van der Waals surface area contributed by atoms with Gasteiger partial charge < -0.3 is 5.32 Å². The Balaban J connectivity index is 1.52. The Bertz CT molecular complexity index is 1150. The molecule has 1 atom stereocenters. The van der Waals surface area contributed by atoms with Gasteiger partial charge in [-0.25, -0.2) is 9.38 Å². The summed E-state index contributed by atoms with van der Waals surface area (Å²) in [5.74, 6) is -0.876. The third-order valence-electron chi connectivity index (χ3n) is 5.06. The molecule has 1 fully saturated rings. The monoisotopic (exact) mass is 481 g/mol. The summed E-state index contributed by atoms with van der Waals surface area (Å²) in [5, 5.41) is 3.25. The van der Waals surface area contributed by atoms with Gasteiger partial charge in [-0.3, -0.25) is 14.5 Å². The number of benzene rings is 3. The van der Waals surface area contributed by atoms with Crippen molar-refractivity contribution in [3.63, 3.8) is 0 Å². The van der Waals surface area contributed by atoms with Crippen LogP contribution in [-0.4, -0.2) is 33.7 Å². The molecule has 1 unspecified atom stereocenters. The minimum Gasteiger partial charge on any atom is -0.325 e. The predicted molar refractivity (Wildman–Crippen MR) is 131 cm³/mol. The fourth-order valence-corrected chi connectivity index (χ4v) is 4.57. The standard InChI is InChI=1S/C25H21ClFN3O2S/c26-18-8-6-17(7-9-18)14-15-30-23(31)16-22(24(32)28-21-12-10-19(27)11-13-21)33-25(30)29-20-4-2-1-3-5-20/h1-13,22H,14-16H2,(H,28,32). The van der Waals surface area contributed by atoms with Crippen LogP contribution in [0.5, 0.6) is 0 Å². The lowest BCUT2D eigenvalue weighted by atomic mass is 10.1. The van der Waals surface area contributed by atoms with E-state index in [0.29, 0.717) is 34.5 Å². The fourth-order valence-electron chi connectivity index (χ4n) is 3.32. The minimum absolute atomic E-state index is 0.0477. The highest BCUT2D eigenvalue weighted by molar-refractivity contribution is 8.15. The van der Waals surface area contributed by atoms with Crippen LogP contribution in [0.15, 0.2) is 83.9 Å². The normalized spacial score (nSPS) is 17.3. The first-order chi connectivity index (χ1) is 16.0. The number of nitrogens with one attached hydrogen (secondary N) is 1. The van der Waals surface area contributed by atoms with E-state index in [4.69, 9.17) is 11.6 Å². The molecule has 1 saturated heterocycles. The number of amidine groups is 1. The average molecular weight is 482 g/mol. The van der Waals surface area contributed by atoms with Crippen LogP contribution in [0.2, 0.25) is 5.02 Å². The maximum Gasteiger partial charge on any atom is 0.238 e. The van der Waals surface area contributed by atoms with Crippen molar-refractivity contribution in [2.24, 2.45) is 4.99 Å². The third-order valence-corrected chi connectivity index (χ3v) is 6.50. The first-order valence-corrected chi connectivity index (χ1v) is 11.7. The predicted octanol–water partition coefficient (Wildman–Crippen LogP) is 5.68. The van der Waals surface area contributed by atoms with Crippen LogP contribution < -0.4 is 5.32 Å². The Labute approximate surface area is 200 Å². The summed E-state index contributed by atoms with van der Waals surface area (Å²) >= 11 is 7.22. The van der Waals surface area contributed by atoms with Crippen LogP contribution >= 0.6 is 23.4 Å². The van der Waals surface area contributed by atoms with Crippen molar-refractivity contribution in [2.75, 3.05) is 11.9 Å². The van der Waals surface area contributed by atoms with E-state index in [9.17, 15) is 14.0 Å². The van der Waals surface area contributed by atoms with Gasteiger partial charge in [0, 0.05) is 23.7 Å². The number of hydrogen-bond donors (Lipinski definition) is 1. The highest BCUT2D eigenvalue weighted by Gasteiger charge is 2.35. The van der Waals surface area contributed by atoms with Crippen molar-refractivity contribution in [3.05, 3.63) is 95.3 Å². The molecule has 1 aliphatic heterocycles. The number of halogens is 2. The topological polar surface area (TPSA) is 61.8 Å². The molecule has 0 aliphatic carbocycles. The van der Waals surface area contributed by atoms with Crippen molar-refractivity contribution in [1.29, 1.82) is 0 Å². The number of nitrogens with zero attached hydrogens (tertiary/aromatic N) is 2. The maximum absolute atomic E-state index is 13.2. The number of carbonyl (C=O) groups is 2. The van der Waals surface area contributed by atoms with Gasteiger partial charge in [0.05, 0.1) is 5.69 Å². The van der Waals surface area contributed by atoms with Gasteiger partial charge in [-0.2, -0.15) is 0 Å². The minimum atomic E-state index is -0.642. The quantitative estimate of drug-likeness (QED) is 0.492. The summed E-state index contributed by atoms with van der Waals surface area (Å²) in [7, 11) is 0. The summed E-state index contributed by atoms with van der Waals surface area (Å²) in [6, 6.07) is 22.3. The van der Waals surface area contributed by atoms with Crippen molar-refractivity contribution in [3.8, 4) is 0 Å². The Morgan fingerprint density at radius 1 is 1.06 bits per heavy atom. The van der Waals surface area contributed by atoms with Crippen molar-refractivity contribution < 1.29 is 14.0 Å². The van der Waals surface area contributed by atoms with Gasteiger partial charge in [0.25, 0.3) is 0 Å². The second-order valence-corrected chi connectivity index (χ2v) is 9.06. The lowest BCUT2D eigenvalue weighted by Gasteiger charge is -2.32. The molecule has 0 saturated carbocycles. The Kier molecular flexibility index (Phi) is 7.42. The third kappa shape index (κ3) is 6.21. The van der Waals surface area contributed by atoms with E-state index in [-0.39, 0.29) is 24.1 Å². The first kappa shape index (κ1) is 23.0. The van der Waals surface area contributed by atoms with Crippen molar-refractivity contribution in [1.82, 2.24) is 4.90 Å². The molecular weight excluding hydrogens is 461 g/mol. The van der Waals surface area contributed by atoms with Crippen LogP contribution in [0.25, 0.3) is 0 Å². The van der Waals surface area contributed by atoms with Gasteiger partial charge in [0.1, 0.15) is 11.1 Å². The number of aliphatic imine (C=N–C) groups is 1. The van der Waals surface area contributed by atoms with Crippen LogP contribution in [0, 0.1) is 5.82 Å². The molecule has 168 valence electrons. The summed E-state index contributed by atoms with van der Waals surface area (Å²) < 4.78 is 13.2. The zero-order chi connectivity index (χ0) is 23.2. The highest BCUT2D eigenvalue weighted by Crippen LogP contribution is 2.30. The number of para-hydroxylation sites is 1. The second kappa shape index (κ2) is 10.6. The van der Waals surface area contributed by atoms with E-state index < -0.39 is 5.25 Å². The molecule has 1 aliphatic rings. The number of thioether (sulfide) groups is 1. The summed E-state index contributed by atoms with van der Waals surface area (Å²) in [4.78, 5) is 32.2. The van der Waals surface area contributed by atoms with Crippen molar-refractivity contribution in [2.45, 2.75) is 18.1 Å².